The van der Waals surface area contributed by atoms with Gasteiger partial charge in [0.15, 0.2) is 0 Å². The zero-order valence-electron chi connectivity index (χ0n) is 8.54. The van der Waals surface area contributed by atoms with Gasteiger partial charge in [-0.1, -0.05) is 0 Å². The molecule has 3 N–H and O–H groups in total. The molecule has 0 bridgehead atoms. The standard InChI is InChI=1S/C9H15N5/c1-14(2)9-12-7-3-4-11-5-6(7)8(10)13-9/h11H,3-5H2,1-2H3,(H2,10,12,13). The first kappa shape index (κ1) is 9.21. The van der Waals surface area contributed by atoms with Crippen molar-refractivity contribution < 1.29 is 0 Å². The van der Waals surface area contributed by atoms with Crippen molar-refractivity contribution in [1.29, 1.82) is 0 Å². The number of rotatable bonds is 1. The molecule has 76 valence electrons. The quantitative estimate of drug-likeness (QED) is 0.645. The Morgan fingerprint density at radius 3 is 2.86 bits per heavy atom. The van der Waals surface area contributed by atoms with Crippen molar-refractivity contribution in [3.05, 3.63) is 11.3 Å². The van der Waals surface area contributed by atoms with Crippen LogP contribution in [0.15, 0.2) is 0 Å². The van der Waals surface area contributed by atoms with Gasteiger partial charge >= 0.3 is 0 Å². The minimum absolute atomic E-state index is 0.603. The molecule has 0 amide bonds. The number of nitrogens with zero attached hydrogens (tertiary/aromatic N) is 3. The maximum absolute atomic E-state index is 5.86. The Labute approximate surface area is 83.3 Å². The third-order valence-corrected chi connectivity index (χ3v) is 2.35. The van der Waals surface area contributed by atoms with Gasteiger partial charge in [0.2, 0.25) is 5.95 Å². The highest BCUT2D eigenvalue weighted by Crippen LogP contribution is 2.19. The Morgan fingerprint density at radius 1 is 1.36 bits per heavy atom. The molecule has 1 aliphatic rings. The third-order valence-electron chi connectivity index (χ3n) is 2.35. The lowest BCUT2D eigenvalue weighted by Gasteiger charge is -2.20. The van der Waals surface area contributed by atoms with Gasteiger partial charge in [0.1, 0.15) is 5.82 Å². The largest absolute Gasteiger partial charge is 0.383 e. The molecule has 0 spiro atoms. The summed E-state index contributed by atoms with van der Waals surface area (Å²) in [6.07, 6.45) is 0.933. The summed E-state index contributed by atoms with van der Waals surface area (Å²) in [5.41, 5.74) is 8.00. The minimum Gasteiger partial charge on any atom is -0.383 e. The number of hydrogen-bond donors (Lipinski definition) is 2. The maximum Gasteiger partial charge on any atom is 0.227 e. The Morgan fingerprint density at radius 2 is 2.14 bits per heavy atom. The van der Waals surface area contributed by atoms with E-state index in [1.807, 2.05) is 19.0 Å². The van der Waals surface area contributed by atoms with Crippen LogP contribution in [0.2, 0.25) is 0 Å². The molecule has 0 radical (unpaired) electrons. The normalized spacial score (nSPS) is 15.0. The predicted octanol–water partition coefficient (Wildman–Crippen LogP) is -0.230. The molecular weight excluding hydrogens is 178 g/mol. The summed E-state index contributed by atoms with van der Waals surface area (Å²) in [4.78, 5) is 10.6. The summed E-state index contributed by atoms with van der Waals surface area (Å²) in [6, 6.07) is 0. The van der Waals surface area contributed by atoms with Gasteiger partial charge in [-0.2, -0.15) is 4.98 Å². The van der Waals surface area contributed by atoms with E-state index in [2.05, 4.69) is 15.3 Å². The molecular formula is C9H15N5. The first-order valence-electron chi connectivity index (χ1n) is 4.72. The van der Waals surface area contributed by atoms with Crippen molar-refractivity contribution in [1.82, 2.24) is 15.3 Å². The summed E-state index contributed by atoms with van der Waals surface area (Å²) in [6.45, 7) is 1.76. The van der Waals surface area contributed by atoms with E-state index in [-0.39, 0.29) is 0 Å². The summed E-state index contributed by atoms with van der Waals surface area (Å²) < 4.78 is 0. The second-order valence-corrected chi connectivity index (χ2v) is 3.66. The van der Waals surface area contributed by atoms with Gasteiger partial charge in [0.25, 0.3) is 0 Å². The van der Waals surface area contributed by atoms with Crippen LogP contribution in [0.25, 0.3) is 0 Å². The number of nitrogens with two attached hydrogens (primary N) is 1. The Hall–Kier alpha value is -1.36. The molecule has 14 heavy (non-hydrogen) atoms. The van der Waals surface area contributed by atoms with Crippen molar-refractivity contribution >= 4 is 11.8 Å². The van der Waals surface area contributed by atoms with Crippen LogP contribution in [-0.2, 0) is 13.0 Å². The number of nitrogens with one attached hydrogen (secondary N) is 1. The van der Waals surface area contributed by atoms with Crippen LogP contribution in [-0.4, -0.2) is 30.6 Å². The molecule has 0 saturated carbocycles. The van der Waals surface area contributed by atoms with Crippen LogP contribution in [0.5, 0.6) is 0 Å². The number of fused-ring (bicyclic) bond motifs is 1. The Balaban J connectivity index is 2.46. The number of hydrogen-bond acceptors (Lipinski definition) is 5. The zero-order valence-corrected chi connectivity index (χ0v) is 8.54. The van der Waals surface area contributed by atoms with Crippen molar-refractivity contribution in [2.24, 2.45) is 0 Å². The zero-order chi connectivity index (χ0) is 10.1. The molecule has 0 atom stereocenters. The molecule has 0 unspecified atom stereocenters. The van der Waals surface area contributed by atoms with E-state index >= 15 is 0 Å². The molecule has 2 heterocycles. The van der Waals surface area contributed by atoms with E-state index in [0.717, 1.165) is 30.8 Å². The van der Waals surface area contributed by atoms with Gasteiger partial charge in [-0.25, -0.2) is 4.98 Å². The monoisotopic (exact) mass is 193 g/mol. The lowest BCUT2D eigenvalue weighted by atomic mass is 10.1. The molecule has 0 saturated heterocycles. The van der Waals surface area contributed by atoms with Crippen molar-refractivity contribution in [2.45, 2.75) is 13.0 Å². The Kier molecular flexibility index (Phi) is 2.25. The average Bonchev–Trinajstić information content (AvgIpc) is 2.17. The molecule has 2 rings (SSSR count). The summed E-state index contributed by atoms with van der Waals surface area (Å²) in [5, 5.41) is 3.26. The molecule has 5 heteroatoms. The van der Waals surface area contributed by atoms with E-state index in [9.17, 15) is 0 Å². The summed E-state index contributed by atoms with van der Waals surface area (Å²) in [7, 11) is 3.84. The molecule has 5 nitrogen and oxygen atoms in total. The first-order chi connectivity index (χ1) is 6.68. The topological polar surface area (TPSA) is 67.1 Å². The smallest absolute Gasteiger partial charge is 0.227 e. The van der Waals surface area contributed by atoms with Crippen LogP contribution >= 0.6 is 0 Å². The molecule has 0 fully saturated rings. The van der Waals surface area contributed by atoms with Crippen molar-refractivity contribution in [2.75, 3.05) is 31.3 Å². The summed E-state index contributed by atoms with van der Waals surface area (Å²) >= 11 is 0. The summed E-state index contributed by atoms with van der Waals surface area (Å²) in [5.74, 6) is 1.30. The van der Waals surface area contributed by atoms with E-state index in [4.69, 9.17) is 5.73 Å². The molecule has 1 aromatic rings. The molecule has 0 aromatic carbocycles. The van der Waals surface area contributed by atoms with Gasteiger partial charge in [-0.05, 0) is 0 Å². The minimum atomic E-state index is 0.603. The van der Waals surface area contributed by atoms with E-state index in [1.54, 1.807) is 0 Å². The number of aromatic nitrogens is 2. The lowest BCUT2D eigenvalue weighted by molar-refractivity contribution is 0.627. The van der Waals surface area contributed by atoms with Crippen LogP contribution in [0.1, 0.15) is 11.3 Å². The molecule has 1 aliphatic heterocycles. The molecule has 1 aromatic heterocycles. The second kappa shape index (κ2) is 3.42. The fraction of sp³-hybridized carbons (Fsp3) is 0.556. The van der Waals surface area contributed by atoms with Crippen LogP contribution in [0, 0.1) is 0 Å². The highest BCUT2D eigenvalue weighted by molar-refractivity contribution is 5.48. The van der Waals surface area contributed by atoms with Gasteiger partial charge in [0.05, 0.1) is 5.69 Å². The predicted molar refractivity (Wildman–Crippen MR) is 56.2 cm³/mol. The fourth-order valence-electron chi connectivity index (χ4n) is 1.56. The van der Waals surface area contributed by atoms with Crippen molar-refractivity contribution in [3.63, 3.8) is 0 Å². The van der Waals surface area contributed by atoms with E-state index in [0.29, 0.717) is 11.8 Å². The van der Waals surface area contributed by atoms with Crippen LogP contribution in [0.4, 0.5) is 11.8 Å². The highest BCUT2D eigenvalue weighted by Gasteiger charge is 2.16. The van der Waals surface area contributed by atoms with Gasteiger partial charge in [0, 0.05) is 39.2 Å². The van der Waals surface area contributed by atoms with E-state index < -0.39 is 0 Å². The molecule has 0 aliphatic carbocycles. The second-order valence-electron chi connectivity index (χ2n) is 3.66. The van der Waals surface area contributed by atoms with Gasteiger partial charge in [-0.15, -0.1) is 0 Å². The number of nitrogen functional groups attached to an aromatic ring is 1. The Bertz CT molecular complexity index is 347. The highest BCUT2D eigenvalue weighted by atomic mass is 15.2. The SMILES string of the molecule is CN(C)c1nc(N)c2c(n1)CCNC2. The van der Waals surface area contributed by atoms with Gasteiger partial charge in [-0.3, -0.25) is 0 Å². The van der Waals surface area contributed by atoms with Gasteiger partial charge < -0.3 is 16.0 Å². The fourth-order valence-corrected chi connectivity index (χ4v) is 1.56. The van der Waals surface area contributed by atoms with Crippen LogP contribution < -0.4 is 16.0 Å². The van der Waals surface area contributed by atoms with E-state index in [1.165, 1.54) is 0 Å². The number of anilines is 2. The lowest BCUT2D eigenvalue weighted by Crippen LogP contribution is -2.27. The third kappa shape index (κ3) is 1.50. The van der Waals surface area contributed by atoms with Crippen LogP contribution in [0.3, 0.4) is 0 Å². The van der Waals surface area contributed by atoms with Crippen molar-refractivity contribution in [3.8, 4) is 0 Å². The first-order valence-corrected chi connectivity index (χ1v) is 4.72. The average molecular weight is 193 g/mol. The maximum atomic E-state index is 5.86.